The van der Waals surface area contributed by atoms with Crippen LogP contribution < -0.4 is 10.1 Å². The first-order valence-corrected chi connectivity index (χ1v) is 13.4. The molecule has 1 saturated carbocycles. The number of rotatable bonds is 6. The molecule has 3 atom stereocenters. The Kier molecular flexibility index (Phi) is 6.38. The van der Waals surface area contributed by atoms with Gasteiger partial charge in [0, 0.05) is 27.8 Å². The van der Waals surface area contributed by atoms with Gasteiger partial charge in [-0.1, -0.05) is 38.0 Å². The van der Waals surface area contributed by atoms with Gasteiger partial charge in [-0.05, 0) is 73.6 Å². The Hall–Kier alpha value is -2.45. The Morgan fingerprint density at radius 1 is 1.27 bits per heavy atom. The van der Waals surface area contributed by atoms with Crippen LogP contribution in [0.4, 0.5) is 5.69 Å². The fourth-order valence-electron chi connectivity index (χ4n) is 5.53. The number of hydrogen-bond acceptors (Lipinski definition) is 4. The second-order valence-electron chi connectivity index (χ2n) is 9.70. The highest BCUT2D eigenvalue weighted by atomic mass is 32.2. The van der Waals surface area contributed by atoms with E-state index < -0.39 is 0 Å². The largest absolute Gasteiger partial charge is 0.493 e. The van der Waals surface area contributed by atoms with Crippen molar-refractivity contribution in [2.24, 2.45) is 5.92 Å². The van der Waals surface area contributed by atoms with Gasteiger partial charge in [0.15, 0.2) is 0 Å². The van der Waals surface area contributed by atoms with E-state index in [1.807, 2.05) is 18.2 Å². The summed E-state index contributed by atoms with van der Waals surface area (Å²) in [5.74, 6) is 2.22. The molecule has 1 N–H and O–H groups in total. The molecule has 5 heteroatoms. The lowest BCUT2D eigenvalue weighted by Crippen LogP contribution is -2.27. The van der Waals surface area contributed by atoms with Gasteiger partial charge < -0.3 is 10.1 Å². The Labute approximate surface area is 201 Å². The van der Waals surface area contributed by atoms with Gasteiger partial charge >= 0.3 is 0 Å². The number of carbonyl (C=O) groups is 1. The van der Waals surface area contributed by atoms with Crippen molar-refractivity contribution in [3.8, 4) is 11.8 Å². The Morgan fingerprint density at radius 2 is 2.18 bits per heavy atom. The average molecular weight is 461 g/mol. The molecule has 3 aliphatic rings. The standard InChI is InChI=1S/C28H32N2O2S/c1-2-3-6-20-9-8-19(18-29)15-24(20)30-27(31)23-17-28(23)12-13-32-25-11-10-21(16-22(25)28)26-7-4-5-14-33-26/h8-11,15-16,23,26H,2-7,12-14,17H2,1H3,(H,30,31)/t23-,26?,28-/m0/s1. The van der Waals surface area contributed by atoms with Crippen LogP contribution in [0.5, 0.6) is 5.75 Å². The molecule has 1 spiro atoms. The van der Waals surface area contributed by atoms with Crippen LogP contribution in [0.15, 0.2) is 36.4 Å². The van der Waals surface area contributed by atoms with Crippen LogP contribution in [-0.2, 0) is 16.6 Å². The van der Waals surface area contributed by atoms with Crippen molar-refractivity contribution in [3.05, 3.63) is 58.7 Å². The molecule has 0 bridgehead atoms. The number of ether oxygens (including phenoxy) is 1. The second-order valence-corrected chi connectivity index (χ2v) is 11.0. The lowest BCUT2D eigenvalue weighted by Gasteiger charge is -2.29. The smallest absolute Gasteiger partial charge is 0.228 e. The summed E-state index contributed by atoms with van der Waals surface area (Å²) < 4.78 is 6.01. The lowest BCUT2D eigenvalue weighted by molar-refractivity contribution is -0.117. The van der Waals surface area contributed by atoms with Crippen LogP contribution in [0.25, 0.3) is 0 Å². The van der Waals surface area contributed by atoms with Gasteiger partial charge in [0.25, 0.3) is 0 Å². The molecular weight excluding hydrogens is 428 g/mol. The summed E-state index contributed by atoms with van der Waals surface area (Å²) in [7, 11) is 0. The third kappa shape index (κ3) is 4.38. The summed E-state index contributed by atoms with van der Waals surface area (Å²) in [6.07, 6.45) is 8.67. The number of nitriles is 1. The molecule has 1 saturated heterocycles. The van der Waals surface area contributed by atoms with E-state index in [-0.39, 0.29) is 17.2 Å². The van der Waals surface area contributed by atoms with Crippen molar-refractivity contribution in [1.82, 2.24) is 0 Å². The predicted molar refractivity (Wildman–Crippen MR) is 134 cm³/mol. The molecule has 2 aromatic rings. The topological polar surface area (TPSA) is 62.1 Å². The van der Waals surface area contributed by atoms with Gasteiger partial charge in [0.05, 0.1) is 18.2 Å². The van der Waals surface area contributed by atoms with Crippen LogP contribution in [-0.4, -0.2) is 18.3 Å². The van der Waals surface area contributed by atoms with Gasteiger partial charge in [-0.2, -0.15) is 17.0 Å². The van der Waals surface area contributed by atoms with Crippen molar-refractivity contribution in [2.75, 3.05) is 17.7 Å². The van der Waals surface area contributed by atoms with Crippen LogP contribution in [0, 0.1) is 17.2 Å². The number of amides is 1. The zero-order valence-corrected chi connectivity index (χ0v) is 20.2. The van der Waals surface area contributed by atoms with E-state index in [1.165, 1.54) is 36.1 Å². The maximum Gasteiger partial charge on any atom is 0.228 e. The molecular formula is C28H32N2O2S. The van der Waals surface area contributed by atoms with Gasteiger partial charge in [-0.25, -0.2) is 0 Å². The zero-order valence-electron chi connectivity index (χ0n) is 19.4. The maximum atomic E-state index is 13.4. The molecule has 5 rings (SSSR count). The Balaban J connectivity index is 1.38. The average Bonchev–Trinajstić information content (AvgIpc) is 3.58. The van der Waals surface area contributed by atoms with Crippen molar-refractivity contribution in [2.45, 2.75) is 69.0 Å². The number of unbranched alkanes of at least 4 members (excludes halogenated alkanes) is 1. The fourth-order valence-corrected chi connectivity index (χ4v) is 6.86. The molecule has 33 heavy (non-hydrogen) atoms. The number of fused-ring (bicyclic) bond motifs is 2. The summed E-state index contributed by atoms with van der Waals surface area (Å²) in [6.45, 7) is 2.83. The molecule has 2 fully saturated rings. The second kappa shape index (κ2) is 9.43. The molecule has 0 aromatic heterocycles. The third-order valence-electron chi connectivity index (χ3n) is 7.59. The van der Waals surface area contributed by atoms with Crippen molar-refractivity contribution >= 4 is 23.4 Å². The first-order chi connectivity index (χ1) is 16.1. The minimum absolute atomic E-state index is 0.0424. The maximum absolute atomic E-state index is 13.4. The first kappa shape index (κ1) is 22.3. The van der Waals surface area contributed by atoms with Crippen molar-refractivity contribution < 1.29 is 9.53 Å². The molecule has 2 aromatic carbocycles. The number of nitrogens with zero attached hydrogens (tertiary/aromatic N) is 1. The number of thioether (sulfide) groups is 1. The monoisotopic (exact) mass is 460 g/mol. The number of hydrogen-bond donors (Lipinski definition) is 1. The SMILES string of the molecule is CCCCc1ccc(C#N)cc1NC(=O)[C@@H]1C[C@]12CCOc1ccc(C3CCCCS3)cc12. The summed E-state index contributed by atoms with van der Waals surface area (Å²) in [5, 5.41) is 13.1. The minimum atomic E-state index is -0.108. The highest BCUT2D eigenvalue weighted by Gasteiger charge is 2.61. The molecule has 2 heterocycles. The van der Waals surface area contributed by atoms with E-state index in [4.69, 9.17) is 4.74 Å². The lowest BCUT2D eigenvalue weighted by atomic mass is 9.85. The van der Waals surface area contributed by atoms with E-state index >= 15 is 0 Å². The van der Waals surface area contributed by atoms with Crippen LogP contribution in [0.1, 0.15) is 79.4 Å². The number of carbonyl (C=O) groups excluding carboxylic acids is 1. The molecule has 1 unspecified atom stereocenters. The van der Waals surface area contributed by atoms with Crippen molar-refractivity contribution in [3.63, 3.8) is 0 Å². The van der Waals surface area contributed by atoms with E-state index in [0.29, 0.717) is 17.4 Å². The van der Waals surface area contributed by atoms with Crippen LogP contribution in [0.2, 0.25) is 0 Å². The summed E-state index contributed by atoms with van der Waals surface area (Å²) in [6, 6.07) is 14.6. The Morgan fingerprint density at radius 3 is 2.97 bits per heavy atom. The quantitative estimate of drug-likeness (QED) is 0.532. The van der Waals surface area contributed by atoms with Gasteiger partial charge in [0.2, 0.25) is 5.91 Å². The van der Waals surface area contributed by atoms with E-state index in [0.717, 1.165) is 49.1 Å². The number of anilines is 1. The van der Waals surface area contributed by atoms with E-state index in [2.05, 4.69) is 48.3 Å². The van der Waals surface area contributed by atoms with Gasteiger partial charge in [0.1, 0.15) is 5.75 Å². The van der Waals surface area contributed by atoms with Crippen molar-refractivity contribution in [1.29, 1.82) is 5.26 Å². The summed E-state index contributed by atoms with van der Waals surface area (Å²) in [5.41, 5.74) is 5.01. The van der Waals surface area contributed by atoms with Gasteiger partial charge in [-0.3, -0.25) is 4.79 Å². The Bertz CT molecular complexity index is 1090. The summed E-state index contributed by atoms with van der Waals surface area (Å²) >= 11 is 2.06. The summed E-state index contributed by atoms with van der Waals surface area (Å²) in [4.78, 5) is 13.4. The highest BCUT2D eigenvalue weighted by Crippen LogP contribution is 2.61. The molecule has 1 aliphatic carbocycles. The third-order valence-corrected chi connectivity index (χ3v) is 9.02. The van der Waals surface area contributed by atoms with Crippen LogP contribution in [0.3, 0.4) is 0 Å². The number of aryl methyl sites for hydroxylation is 1. The first-order valence-electron chi connectivity index (χ1n) is 12.4. The normalized spacial score (nSPS) is 25.6. The molecule has 172 valence electrons. The minimum Gasteiger partial charge on any atom is -0.493 e. The number of benzene rings is 2. The zero-order chi connectivity index (χ0) is 22.8. The molecule has 4 nitrogen and oxygen atoms in total. The highest BCUT2D eigenvalue weighted by molar-refractivity contribution is 7.99. The van der Waals surface area contributed by atoms with Crippen LogP contribution >= 0.6 is 11.8 Å². The molecule has 0 radical (unpaired) electrons. The molecule has 2 aliphatic heterocycles. The molecule has 1 amide bonds. The van der Waals surface area contributed by atoms with E-state index in [1.54, 1.807) is 0 Å². The van der Waals surface area contributed by atoms with Gasteiger partial charge in [-0.15, -0.1) is 0 Å². The fraction of sp³-hybridized carbons (Fsp3) is 0.500. The number of nitrogens with one attached hydrogen (secondary N) is 1. The predicted octanol–water partition coefficient (Wildman–Crippen LogP) is 6.54. The van der Waals surface area contributed by atoms with E-state index in [9.17, 15) is 10.1 Å².